The summed E-state index contributed by atoms with van der Waals surface area (Å²) >= 11 is 0. The van der Waals surface area contributed by atoms with Crippen molar-refractivity contribution in [2.75, 3.05) is 18.0 Å². The molecular formula is C15H24N2O. The maximum atomic E-state index is 10.0. The fraction of sp³-hybridized carbons (Fsp3) is 0.600. The summed E-state index contributed by atoms with van der Waals surface area (Å²) in [6.07, 6.45) is 3.77. The third kappa shape index (κ3) is 2.96. The van der Waals surface area contributed by atoms with Gasteiger partial charge in [-0.15, -0.1) is 0 Å². The highest BCUT2D eigenvalue weighted by Crippen LogP contribution is 2.29. The molecule has 3 heteroatoms. The van der Waals surface area contributed by atoms with Gasteiger partial charge in [-0.2, -0.15) is 0 Å². The van der Waals surface area contributed by atoms with Crippen LogP contribution >= 0.6 is 0 Å². The van der Waals surface area contributed by atoms with E-state index in [4.69, 9.17) is 5.73 Å². The first kappa shape index (κ1) is 13.2. The van der Waals surface area contributed by atoms with E-state index in [1.54, 1.807) is 0 Å². The summed E-state index contributed by atoms with van der Waals surface area (Å²) in [5.74, 6) is 1.13. The molecule has 0 spiro atoms. The first-order valence-corrected chi connectivity index (χ1v) is 6.91. The molecule has 18 heavy (non-hydrogen) atoms. The lowest BCUT2D eigenvalue weighted by molar-refractivity contribution is 0.463. The van der Waals surface area contributed by atoms with Gasteiger partial charge in [0.15, 0.2) is 0 Å². The van der Waals surface area contributed by atoms with Crippen LogP contribution in [0.15, 0.2) is 18.2 Å². The van der Waals surface area contributed by atoms with E-state index in [9.17, 15) is 5.11 Å². The zero-order valence-electron chi connectivity index (χ0n) is 11.4. The van der Waals surface area contributed by atoms with Crippen molar-refractivity contribution in [3.8, 4) is 5.75 Å². The number of phenols is 1. The minimum atomic E-state index is -0.122. The summed E-state index contributed by atoms with van der Waals surface area (Å²) in [7, 11) is 0. The summed E-state index contributed by atoms with van der Waals surface area (Å²) < 4.78 is 0. The molecule has 3 N–H and O–H groups in total. The van der Waals surface area contributed by atoms with Gasteiger partial charge < -0.3 is 15.7 Å². The standard InChI is InChI=1S/C15H24N2O/c1-11-4-3-8-17(9-7-11)13-5-6-14(12(2)16)15(18)10-13/h5-6,10-12,18H,3-4,7-9,16H2,1-2H3. The van der Waals surface area contributed by atoms with E-state index < -0.39 is 0 Å². The molecule has 2 atom stereocenters. The second kappa shape index (κ2) is 5.61. The molecular weight excluding hydrogens is 224 g/mol. The zero-order valence-corrected chi connectivity index (χ0v) is 11.4. The number of benzene rings is 1. The third-order valence-electron chi connectivity index (χ3n) is 3.89. The number of phenolic OH excluding ortho intramolecular Hbond substituents is 1. The molecule has 0 amide bonds. The summed E-state index contributed by atoms with van der Waals surface area (Å²) in [4.78, 5) is 2.37. The van der Waals surface area contributed by atoms with Crippen LogP contribution in [0.25, 0.3) is 0 Å². The summed E-state index contributed by atoms with van der Waals surface area (Å²) in [5.41, 5.74) is 7.75. The second-order valence-corrected chi connectivity index (χ2v) is 5.55. The Balaban J connectivity index is 2.15. The summed E-state index contributed by atoms with van der Waals surface area (Å²) in [6.45, 7) is 6.38. The quantitative estimate of drug-likeness (QED) is 0.845. The zero-order chi connectivity index (χ0) is 13.1. The number of hydrogen-bond acceptors (Lipinski definition) is 3. The molecule has 2 rings (SSSR count). The minimum absolute atomic E-state index is 0.122. The monoisotopic (exact) mass is 248 g/mol. The van der Waals surface area contributed by atoms with Crippen LogP contribution in [0.2, 0.25) is 0 Å². The average Bonchev–Trinajstić information content (AvgIpc) is 2.53. The van der Waals surface area contributed by atoms with Gasteiger partial charge in [-0.05, 0) is 38.2 Å². The number of nitrogens with two attached hydrogens (primary N) is 1. The van der Waals surface area contributed by atoms with Crippen molar-refractivity contribution in [3.05, 3.63) is 23.8 Å². The van der Waals surface area contributed by atoms with Gasteiger partial charge in [0.1, 0.15) is 5.75 Å². The Kier molecular flexibility index (Phi) is 4.12. The van der Waals surface area contributed by atoms with Crippen LogP contribution in [-0.4, -0.2) is 18.2 Å². The van der Waals surface area contributed by atoms with E-state index in [1.165, 1.54) is 19.3 Å². The lowest BCUT2D eigenvalue weighted by atomic mass is 10.0. The fourth-order valence-corrected chi connectivity index (χ4v) is 2.63. The Hall–Kier alpha value is -1.22. The lowest BCUT2D eigenvalue weighted by Gasteiger charge is -2.23. The van der Waals surface area contributed by atoms with Crippen molar-refractivity contribution >= 4 is 5.69 Å². The molecule has 0 bridgehead atoms. The van der Waals surface area contributed by atoms with Crippen LogP contribution in [-0.2, 0) is 0 Å². The highest BCUT2D eigenvalue weighted by molar-refractivity contribution is 5.54. The highest BCUT2D eigenvalue weighted by Gasteiger charge is 2.15. The van der Waals surface area contributed by atoms with E-state index in [-0.39, 0.29) is 6.04 Å². The fourth-order valence-electron chi connectivity index (χ4n) is 2.63. The third-order valence-corrected chi connectivity index (χ3v) is 3.89. The van der Waals surface area contributed by atoms with E-state index in [2.05, 4.69) is 17.9 Å². The molecule has 1 aliphatic rings. The SMILES string of the molecule is CC1CCCN(c2ccc(C(C)N)c(O)c2)CC1. The number of anilines is 1. The second-order valence-electron chi connectivity index (χ2n) is 5.55. The Morgan fingerprint density at radius 1 is 1.33 bits per heavy atom. The van der Waals surface area contributed by atoms with Crippen LogP contribution in [0.3, 0.4) is 0 Å². The molecule has 1 aliphatic heterocycles. The van der Waals surface area contributed by atoms with Gasteiger partial charge in [-0.1, -0.05) is 13.0 Å². The Morgan fingerprint density at radius 3 is 2.78 bits per heavy atom. The predicted octanol–water partition coefficient (Wildman–Crippen LogP) is 3.04. The minimum Gasteiger partial charge on any atom is -0.508 e. The largest absolute Gasteiger partial charge is 0.508 e. The van der Waals surface area contributed by atoms with Crippen molar-refractivity contribution in [2.45, 2.75) is 39.2 Å². The molecule has 100 valence electrons. The van der Waals surface area contributed by atoms with Gasteiger partial charge in [0, 0.05) is 36.4 Å². The number of aromatic hydroxyl groups is 1. The molecule has 1 heterocycles. The highest BCUT2D eigenvalue weighted by atomic mass is 16.3. The van der Waals surface area contributed by atoms with E-state index in [0.29, 0.717) is 5.75 Å². The van der Waals surface area contributed by atoms with Gasteiger partial charge in [-0.3, -0.25) is 0 Å². The molecule has 2 unspecified atom stereocenters. The van der Waals surface area contributed by atoms with Crippen molar-refractivity contribution in [1.29, 1.82) is 0 Å². The topological polar surface area (TPSA) is 49.5 Å². The van der Waals surface area contributed by atoms with Gasteiger partial charge in [0.05, 0.1) is 0 Å². The van der Waals surface area contributed by atoms with E-state index >= 15 is 0 Å². The average molecular weight is 248 g/mol. The number of nitrogens with zero attached hydrogens (tertiary/aromatic N) is 1. The Bertz CT molecular complexity index is 403. The molecule has 1 aromatic carbocycles. The normalized spacial score (nSPS) is 22.6. The van der Waals surface area contributed by atoms with E-state index in [1.807, 2.05) is 19.1 Å². The van der Waals surface area contributed by atoms with Crippen molar-refractivity contribution < 1.29 is 5.11 Å². The number of hydrogen-bond donors (Lipinski definition) is 2. The molecule has 1 aromatic rings. The Morgan fingerprint density at radius 2 is 2.11 bits per heavy atom. The van der Waals surface area contributed by atoms with Crippen LogP contribution in [0.5, 0.6) is 5.75 Å². The Labute approximate surface area is 110 Å². The van der Waals surface area contributed by atoms with Gasteiger partial charge in [-0.25, -0.2) is 0 Å². The first-order valence-electron chi connectivity index (χ1n) is 6.91. The molecule has 0 radical (unpaired) electrons. The van der Waals surface area contributed by atoms with Crippen LogP contribution < -0.4 is 10.6 Å². The molecule has 0 aliphatic carbocycles. The summed E-state index contributed by atoms with van der Waals surface area (Å²) in [6, 6.07) is 5.76. The van der Waals surface area contributed by atoms with Crippen molar-refractivity contribution in [1.82, 2.24) is 0 Å². The van der Waals surface area contributed by atoms with Crippen LogP contribution in [0.1, 0.15) is 44.7 Å². The molecule has 1 fully saturated rings. The maximum Gasteiger partial charge on any atom is 0.122 e. The maximum absolute atomic E-state index is 10.0. The molecule has 1 saturated heterocycles. The van der Waals surface area contributed by atoms with Crippen LogP contribution in [0.4, 0.5) is 5.69 Å². The lowest BCUT2D eigenvalue weighted by Crippen LogP contribution is -2.24. The van der Waals surface area contributed by atoms with Crippen molar-refractivity contribution in [2.24, 2.45) is 11.7 Å². The van der Waals surface area contributed by atoms with Crippen molar-refractivity contribution in [3.63, 3.8) is 0 Å². The molecule has 0 aromatic heterocycles. The molecule has 0 saturated carbocycles. The smallest absolute Gasteiger partial charge is 0.122 e. The van der Waals surface area contributed by atoms with Gasteiger partial charge in [0.25, 0.3) is 0 Å². The van der Waals surface area contributed by atoms with Crippen LogP contribution in [0, 0.1) is 5.92 Å². The molecule has 3 nitrogen and oxygen atoms in total. The summed E-state index contributed by atoms with van der Waals surface area (Å²) in [5, 5.41) is 10.0. The van der Waals surface area contributed by atoms with Gasteiger partial charge >= 0.3 is 0 Å². The van der Waals surface area contributed by atoms with E-state index in [0.717, 1.165) is 30.3 Å². The van der Waals surface area contributed by atoms with Gasteiger partial charge in [0.2, 0.25) is 0 Å². The predicted molar refractivity (Wildman–Crippen MR) is 75.9 cm³/mol. The first-order chi connectivity index (χ1) is 8.58. The number of rotatable bonds is 2.